The van der Waals surface area contributed by atoms with Crippen molar-refractivity contribution in [2.24, 2.45) is 0 Å². The van der Waals surface area contributed by atoms with E-state index in [2.05, 4.69) is 15.9 Å². The minimum absolute atomic E-state index is 0.584. The van der Waals surface area contributed by atoms with Gasteiger partial charge in [-0.3, -0.25) is 0 Å². The molecule has 0 bridgehead atoms. The Morgan fingerprint density at radius 1 is 1.36 bits per heavy atom. The first kappa shape index (κ1) is 10.2. The van der Waals surface area contributed by atoms with Gasteiger partial charge in [0.2, 0.25) is 0 Å². The third kappa shape index (κ3) is 1.61. The summed E-state index contributed by atoms with van der Waals surface area (Å²) in [7, 11) is -1.38. The summed E-state index contributed by atoms with van der Waals surface area (Å²) in [6, 6.07) is 3.96. The highest BCUT2D eigenvalue weighted by Crippen LogP contribution is 2.26. The molecule has 0 aliphatic carbocycles. The van der Waals surface area contributed by atoms with Crippen molar-refractivity contribution in [2.45, 2.75) is 6.92 Å². The summed E-state index contributed by atoms with van der Waals surface area (Å²) in [5.41, 5.74) is 1.68. The molecule has 0 aliphatic heterocycles. The van der Waals surface area contributed by atoms with E-state index in [1.807, 2.05) is 19.1 Å². The molecule has 2 N–H and O–H groups in total. The zero-order chi connectivity index (χ0) is 10.3. The lowest BCUT2D eigenvalue weighted by atomic mass is 9.80. The molecule has 2 nitrogen and oxygen atoms in total. The molecular formula is C9H8BBrO2S. The Labute approximate surface area is 94.5 Å². The molecule has 0 aliphatic rings. The molecule has 2 aromatic rings. The van der Waals surface area contributed by atoms with Crippen LogP contribution in [0.25, 0.3) is 10.1 Å². The second kappa shape index (κ2) is 3.66. The third-order valence-corrected chi connectivity index (χ3v) is 3.98. The lowest BCUT2D eigenvalue weighted by Crippen LogP contribution is -2.28. The molecule has 0 radical (unpaired) electrons. The average molecular weight is 271 g/mol. The maximum Gasteiger partial charge on any atom is 0.489 e. The Morgan fingerprint density at radius 2 is 2.07 bits per heavy atom. The van der Waals surface area contributed by atoms with Gasteiger partial charge < -0.3 is 10.0 Å². The number of halogens is 1. The maximum atomic E-state index is 9.12. The van der Waals surface area contributed by atoms with Crippen LogP contribution >= 0.6 is 27.3 Å². The summed E-state index contributed by atoms with van der Waals surface area (Å²) in [5, 5.41) is 20.9. The molecule has 0 unspecified atom stereocenters. The normalized spacial score (nSPS) is 10.9. The van der Waals surface area contributed by atoms with E-state index in [1.165, 1.54) is 11.3 Å². The standard InChI is InChI=1S/C9H8BBrO2S/c1-5-2-6-7(10(12)13)4-14-9(6)3-8(5)11/h2-4,12-13H,1H3. The first-order chi connectivity index (χ1) is 6.59. The van der Waals surface area contributed by atoms with Crippen LogP contribution < -0.4 is 5.46 Å². The molecule has 72 valence electrons. The lowest BCUT2D eigenvalue weighted by molar-refractivity contribution is 0.426. The van der Waals surface area contributed by atoms with Gasteiger partial charge in [-0.15, -0.1) is 11.3 Å². The number of hydrogen-bond acceptors (Lipinski definition) is 3. The monoisotopic (exact) mass is 270 g/mol. The van der Waals surface area contributed by atoms with Crippen molar-refractivity contribution >= 4 is 49.9 Å². The second-order valence-corrected chi connectivity index (χ2v) is 4.93. The predicted molar refractivity (Wildman–Crippen MR) is 64.1 cm³/mol. The minimum Gasteiger partial charge on any atom is -0.423 e. The number of benzene rings is 1. The maximum absolute atomic E-state index is 9.12. The summed E-state index contributed by atoms with van der Waals surface area (Å²) < 4.78 is 2.11. The molecule has 0 amide bonds. The molecule has 0 saturated carbocycles. The van der Waals surface area contributed by atoms with E-state index in [9.17, 15) is 0 Å². The van der Waals surface area contributed by atoms with E-state index < -0.39 is 7.12 Å². The van der Waals surface area contributed by atoms with E-state index in [0.29, 0.717) is 5.46 Å². The van der Waals surface area contributed by atoms with Crippen LogP contribution in [0, 0.1) is 6.92 Å². The summed E-state index contributed by atoms with van der Waals surface area (Å²) in [4.78, 5) is 0. The average Bonchev–Trinajstić information content (AvgIpc) is 2.48. The van der Waals surface area contributed by atoms with Crippen molar-refractivity contribution in [1.82, 2.24) is 0 Å². The smallest absolute Gasteiger partial charge is 0.423 e. The number of rotatable bonds is 1. The van der Waals surface area contributed by atoms with Crippen molar-refractivity contribution in [3.63, 3.8) is 0 Å². The van der Waals surface area contributed by atoms with E-state index >= 15 is 0 Å². The van der Waals surface area contributed by atoms with Gasteiger partial charge in [0.1, 0.15) is 0 Å². The highest BCUT2D eigenvalue weighted by atomic mass is 79.9. The van der Waals surface area contributed by atoms with Gasteiger partial charge in [0.05, 0.1) is 0 Å². The fourth-order valence-corrected chi connectivity index (χ4v) is 2.86. The number of fused-ring (bicyclic) bond motifs is 1. The van der Waals surface area contributed by atoms with Crippen molar-refractivity contribution < 1.29 is 10.0 Å². The van der Waals surface area contributed by atoms with Crippen LogP contribution in [0.3, 0.4) is 0 Å². The molecule has 0 atom stereocenters. The van der Waals surface area contributed by atoms with Crippen molar-refractivity contribution in [1.29, 1.82) is 0 Å². The van der Waals surface area contributed by atoms with Gasteiger partial charge in [0.25, 0.3) is 0 Å². The van der Waals surface area contributed by atoms with E-state index in [1.54, 1.807) is 5.38 Å². The number of aryl methyl sites for hydroxylation is 1. The fourth-order valence-electron chi connectivity index (χ4n) is 1.38. The third-order valence-electron chi connectivity index (χ3n) is 2.16. The van der Waals surface area contributed by atoms with Crippen molar-refractivity contribution in [3.8, 4) is 0 Å². The van der Waals surface area contributed by atoms with Crippen molar-refractivity contribution in [3.05, 3.63) is 27.5 Å². The van der Waals surface area contributed by atoms with Gasteiger partial charge in [-0.05, 0) is 35.4 Å². The van der Waals surface area contributed by atoms with Crippen LogP contribution in [-0.4, -0.2) is 17.2 Å². The number of hydrogen-bond donors (Lipinski definition) is 2. The number of thiophene rings is 1. The molecular weight excluding hydrogens is 263 g/mol. The largest absolute Gasteiger partial charge is 0.489 e. The molecule has 0 fully saturated rings. The summed E-state index contributed by atoms with van der Waals surface area (Å²) in [5.74, 6) is 0. The highest BCUT2D eigenvalue weighted by molar-refractivity contribution is 9.10. The molecule has 14 heavy (non-hydrogen) atoms. The van der Waals surface area contributed by atoms with E-state index in [0.717, 1.165) is 20.1 Å². The Hall–Kier alpha value is -0.355. The first-order valence-corrected chi connectivity index (χ1v) is 5.80. The van der Waals surface area contributed by atoms with Gasteiger partial charge >= 0.3 is 7.12 Å². The Bertz CT molecular complexity index is 481. The Balaban J connectivity index is 2.74. The predicted octanol–water partition coefficient (Wildman–Crippen LogP) is 1.65. The van der Waals surface area contributed by atoms with Crippen LogP contribution in [0.4, 0.5) is 0 Å². The van der Waals surface area contributed by atoms with Gasteiger partial charge in [-0.2, -0.15) is 0 Å². The van der Waals surface area contributed by atoms with Gasteiger partial charge in [0, 0.05) is 14.6 Å². The molecule has 2 rings (SSSR count). The highest BCUT2D eigenvalue weighted by Gasteiger charge is 2.16. The van der Waals surface area contributed by atoms with Crippen LogP contribution in [-0.2, 0) is 0 Å². The Morgan fingerprint density at radius 3 is 2.71 bits per heavy atom. The van der Waals surface area contributed by atoms with E-state index in [-0.39, 0.29) is 0 Å². The molecule has 1 aromatic carbocycles. The molecule has 5 heteroatoms. The van der Waals surface area contributed by atoms with Gasteiger partial charge in [-0.25, -0.2) is 0 Å². The second-order valence-electron chi connectivity index (χ2n) is 3.16. The molecule has 0 saturated heterocycles. The van der Waals surface area contributed by atoms with Gasteiger partial charge in [0.15, 0.2) is 0 Å². The summed E-state index contributed by atoms with van der Waals surface area (Å²) in [6.45, 7) is 1.98. The Kier molecular flexibility index (Phi) is 2.66. The minimum atomic E-state index is -1.38. The summed E-state index contributed by atoms with van der Waals surface area (Å²) >= 11 is 4.96. The van der Waals surface area contributed by atoms with Crippen molar-refractivity contribution in [2.75, 3.05) is 0 Å². The summed E-state index contributed by atoms with van der Waals surface area (Å²) in [6.07, 6.45) is 0. The molecule has 0 spiro atoms. The quantitative estimate of drug-likeness (QED) is 0.774. The molecule has 1 aromatic heterocycles. The van der Waals surface area contributed by atoms with Crippen LogP contribution in [0.1, 0.15) is 5.56 Å². The van der Waals surface area contributed by atoms with Gasteiger partial charge in [-0.1, -0.05) is 15.9 Å². The zero-order valence-electron chi connectivity index (χ0n) is 7.49. The lowest BCUT2D eigenvalue weighted by Gasteiger charge is -2.00. The zero-order valence-corrected chi connectivity index (χ0v) is 9.89. The fraction of sp³-hybridized carbons (Fsp3) is 0.111. The van der Waals surface area contributed by atoms with Crippen LogP contribution in [0.15, 0.2) is 22.0 Å². The van der Waals surface area contributed by atoms with Crippen LogP contribution in [0.5, 0.6) is 0 Å². The van der Waals surface area contributed by atoms with Crippen LogP contribution in [0.2, 0.25) is 0 Å². The van der Waals surface area contributed by atoms with E-state index in [4.69, 9.17) is 10.0 Å². The SMILES string of the molecule is Cc1cc2c(B(O)O)csc2cc1Br. The first-order valence-electron chi connectivity index (χ1n) is 4.13. The molecule has 1 heterocycles. The topological polar surface area (TPSA) is 40.5 Å².